The Morgan fingerprint density at radius 2 is 1.63 bits per heavy atom. The smallest absolute Gasteiger partial charge is 0.254 e. The van der Waals surface area contributed by atoms with Crippen molar-refractivity contribution >= 4 is 21.6 Å². The topological polar surface area (TPSA) is 81.2 Å². The number of nitrogens with zero attached hydrogens (tertiary/aromatic N) is 3. The molecule has 3 rings (SSSR count). The fourth-order valence-electron chi connectivity index (χ4n) is 3.01. The standard InChI is InChI=1S/C19H23N3O4S/c1-20(2)27(25,26)18-5-3-4-15(14-18)19(24)22-12-10-21(11-13-22)16-6-8-17(23)9-7-16/h3-9,14,23H,10-13H2,1-2H3. The number of piperazine rings is 1. The van der Waals surface area contributed by atoms with Gasteiger partial charge in [0, 0.05) is 51.5 Å². The molecule has 0 aliphatic carbocycles. The van der Waals surface area contributed by atoms with Crippen LogP contribution in [0.5, 0.6) is 5.75 Å². The summed E-state index contributed by atoms with van der Waals surface area (Å²) in [6, 6.07) is 13.1. The lowest BCUT2D eigenvalue weighted by Crippen LogP contribution is -2.48. The zero-order valence-corrected chi connectivity index (χ0v) is 16.2. The Hall–Kier alpha value is -2.58. The van der Waals surface area contributed by atoms with Gasteiger partial charge in [0.05, 0.1) is 4.90 Å². The molecule has 0 atom stereocenters. The van der Waals surface area contributed by atoms with Gasteiger partial charge in [0.1, 0.15) is 5.75 Å². The molecule has 1 aliphatic rings. The maximum absolute atomic E-state index is 12.8. The number of rotatable bonds is 4. The molecule has 27 heavy (non-hydrogen) atoms. The van der Waals surface area contributed by atoms with E-state index in [0.717, 1.165) is 9.99 Å². The van der Waals surface area contributed by atoms with E-state index >= 15 is 0 Å². The third kappa shape index (κ3) is 4.06. The lowest BCUT2D eigenvalue weighted by atomic mass is 10.1. The van der Waals surface area contributed by atoms with Crippen molar-refractivity contribution in [3.8, 4) is 5.75 Å². The van der Waals surface area contributed by atoms with Crippen LogP contribution in [0.2, 0.25) is 0 Å². The highest BCUT2D eigenvalue weighted by Crippen LogP contribution is 2.21. The van der Waals surface area contributed by atoms with Crippen molar-refractivity contribution in [3.63, 3.8) is 0 Å². The Labute approximate surface area is 159 Å². The number of aromatic hydroxyl groups is 1. The van der Waals surface area contributed by atoms with Crippen molar-refractivity contribution in [2.24, 2.45) is 0 Å². The summed E-state index contributed by atoms with van der Waals surface area (Å²) in [6.07, 6.45) is 0. The number of amides is 1. The average molecular weight is 389 g/mol. The van der Waals surface area contributed by atoms with Crippen LogP contribution in [-0.2, 0) is 10.0 Å². The van der Waals surface area contributed by atoms with Gasteiger partial charge in [-0.3, -0.25) is 4.79 Å². The van der Waals surface area contributed by atoms with E-state index in [-0.39, 0.29) is 16.6 Å². The molecule has 1 fully saturated rings. The third-order valence-corrected chi connectivity index (χ3v) is 6.45. The van der Waals surface area contributed by atoms with Crippen LogP contribution in [0.15, 0.2) is 53.4 Å². The summed E-state index contributed by atoms with van der Waals surface area (Å²) < 4.78 is 25.7. The molecular formula is C19H23N3O4S. The lowest BCUT2D eigenvalue weighted by Gasteiger charge is -2.36. The summed E-state index contributed by atoms with van der Waals surface area (Å²) in [5, 5.41) is 9.39. The van der Waals surface area contributed by atoms with E-state index < -0.39 is 10.0 Å². The molecule has 144 valence electrons. The van der Waals surface area contributed by atoms with Gasteiger partial charge in [-0.05, 0) is 42.5 Å². The van der Waals surface area contributed by atoms with Crippen LogP contribution in [0.4, 0.5) is 5.69 Å². The lowest BCUT2D eigenvalue weighted by molar-refractivity contribution is 0.0746. The number of phenolic OH excluding ortho intramolecular Hbond substituents is 1. The van der Waals surface area contributed by atoms with Gasteiger partial charge in [-0.15, -0.1) is 0 Å². The second kappa shape index (κ2) is 7.58. The van der Waals surface area contributed by atoms with Gasteiger partial charge in [-0.1, -0.05) is 6.07 Å². The number of carbonyl (C=O) groups is 1. The van der Waals surface area contributed by atoms with Crippen molar-refractivity contribution in [2.75, 3.05) is 45.2 Å². The first-order chi connectivity index (χ1) is 12.8. The second-order valence-corrected chi connectivity index (χ2v) is 8.76. The Morgan fingerprint density at radius 1 is 1.00 bits per heavy atom. The summed E-state index contributed by atoms with van der Waals surface area (Å²) in [5.74, 6) is 0.0521. The van der Waals surface area contributed by atoms with E-state index in [1.54, 1.807) is 29.2 Å². The van der Waals surface area contributed by atoms with Gasteiger partial charge in [-0.25, -0.2) is 12.7 Å². The molecule has 0 aromatic heterocycles. The largest absolute Gasteiger partial charge is 0.508 e. The summed E-state index contributed by atoms with van der Waals surface area (Å²) in [6.45, 7) is 2.44. The van der Waals surface area contributed by atoms with Gasteiger partial charge < -0.3 is 14.9 Å². The molecular weight excluding hydrogens is 366 g/mol. The molecule has 1 heterocycles. The summed E-state index contributed by atoms with van der Waals surface area (Å²) >= 11 is 0. The molecule has 0 unspecified atom stereocenters. The van der Waals surface area contributed by atoms with Crippen molar-refractivity contribution in [1.29, 1.82) is 0 Å². The predicted octanol–water partition coefficient (Wildman–Crippen LogP) is 1.60. The Bertz CT molecular complexity index is 918. The van der Waals surface area contributed by atoms with Crippen LogP contribution >= 0.6 is 0 Å². The first kappa shape index (κ1) is 19.2. The molecule has 0 spiro atoms. The van der Waals surface area contributed by atoms with Crippen LogP contribution in [0.3, 0.4) is 0 Å². The number of benzene rings is 2. The SMILES string of the molecule is CN(C)S(=O)(=O)c1cccc(C(=O)N2CCN(c3ccc(O)cc3)CC2)c1. The molecule has 1 amide bonds. The summed E-state index contributed by atoms with van der Waals surface area (Å²) in [5.41, 5.74) is 1.37. The molecule has 1 aliphatic heterocycles. The van der Waals surface area contributed by atoms with E-state index in [0.29, 0.717) is 31.7 Å². The number of sulfonamides is 1. The maximum atomic E-state index is 12.8. The Balaban J connectivity index is 1.70. The third-order valence-electron chi connectivity index (χ3n) is 4.64. The minimum Gasteiger partial charge on any atom is -0.508 e. The zero-order chi connectivity index (χ0) is 19.6. The number of hydrogen-bond donors (Lipinski definition) is 1. The molecule has 7 nitrogen and oxygen atoms in total. The van der Waals surface area contributed by atoms with Crippen molar-refractivity contribution in [1.82, 2.24) is 9.21 Å². The molecule has 1 saturated heterocycles. The maximum Gasteiger partial charge on any atom is 0.254 e. The molecule has 0 radical (unpaired) electrons. The summed E-state index contributed by atoms with van der Waals surface area (Å²) in [4.78, 5) is 16.8. The number of anilines is 1. The van der Waals surface area contributed by atoms with E-state index in [2.05, 4.69) is 4.90 Å². The Kier molecular flexibility index (Phi) is 5.38. The quantitative estimate of drug-likeness (QED) is 0.859. The van der Waals surface area contributed by atoms with Crippen LogP contribution in [0.1, 0.15) is 10.4 Å². The van der Waals surface area contributed by atoms with Crippen molar-refractivity contribution in [3.05, 3.63) is 54.1 Å². The molecule has 1 N–H and O–H groups in total. The monoisotopic (exact) mass is 389 g/mol. The molecule has 0 bridgehead atoms. The first-order valence-corrected chi connectivity index (χ1v) is 10.1. The van der Waals surface area contributed by atoms with E-state index in [4.69, 9.17) is 0 Å². The average Bonchev–Trinajstić information content (AvgIpc) is 2.68. The molecule has 2 aromatic rings. The highest BCUT2D eigenvalue weighted by Gasteiger charge is 2.24. The van der Waals surface area contributed by atoms with E-state index in [1.807, 2.05) is 12.1 Å². The second-order valence-electron chi connectivity index (χ2n) is 6.61. The van der Waals surface area contributed by atoms with E-state index in [9.17, 15) is 18.3 Å². The minimum atomic E-state index is -3.58. The Morgan fingerprint density at radius 3 is 2.22 bits per heavy atom. The highest BCUT2D eigenvalue weighted by atomic mass is 32.2. The molecule has 2 aromatic carbocycles. The van der Waals surface area contributed by atoms with Crippen LogP contribution in [0, 0.1) is 0 Å². The van der Waals surface area contributed by atoms with Gasteiger partial charge in [0.25, 0.3) is 5.91 Å². The number of hydrogen-bond acceptors (Lipinski definition) is 5. The minimum absolute atomic E-state index is 0.112. The predicted molar refractivity (Wildman–Crippen MR) is 104 cm³/mol. The van der Waals surface area contributed by atoms with Gasteiger partial charge >= 0.3 is 0 Å². The highest BCUT2D eigenvalue weighted by molar-refractivity contribution is 7.89. The van der Waals surface area contributed by atoms with Gasteiger partial charge in [0.15, 0.2) is 0 Å². The van der Waals surface area contributed by atoms with Crippen LogP contribution in [-0.4, -0.2) is 68.9 Å². The van der Waals surface area contributed by atoms with Crippen LogP contribution < -0.4 is 4.90 Å². The van der Waals surface area contributed by atoms with E-state index in [1.165, 1.54) is 26.2 Å². The fraction of sp³-hybridized carbons (Fsp3) is 0.316. The number of carbonyl (C=O) groups excluding carboxylic acids is 1. The zero-order valence-electron chi connectivity index (χ0n) is 15.4. The van der Waals surface area contributed by atoms with Gasteiger partial charge in [0.2, 0.25) is 10.0 Å². The first-order valence-electron chi connectivity index (χ1n) is 8.65. The fourth-order valence-corrected chi connectivity index (χ4v) is 3.96. The van der Waals surface area contributed by atoms with Crippen molar-refractivity contribution in [2.45, 2.75) is 4.90 Å². The van der Waals surface area contributed by atoms with Crippen LogP contribution in [0.25, 0.3) is 0 Å². The molecule has 8 heteroatoms. The van der Waals surface area contributed by atoms with Gasteiger partial charge in [-0.2, -0.15) is 0 Å². The van der Waals surface area contributed by atoms with Crippen molar-refractivity contribution < 1.29 is 18.3 Å². The normalized spacial score (nSPS) is 15.2. The molecule has 0 saturated carbocycles. The number of phenols is 1. The summed E-state index contributed by atoms with van der Waals surface area (Å²) in [7, 11) is -0.649.